The average molecular weight is 227 g/mol. The van der Waals surface area contributed by atoms with Crippen molar-refractivity contribution in [2.45, 2.75) is 52.9 Å². The maximum Gasteiger partial charge on any atom is 0.0406 e. The Labute approximate surface area is 99.7 Å². The fourth-order valence-corrected chi connectivity index (χ4v) is 1.34. The lowest BCUT2D eigenvalue weighted by molar-refractivity contribution is 0.656. The van der Waals surface area contributed by atoms with Gasteiger partial charge in [0.1, 0.15) is 0 Å². The molecule has 0 aromatic heterocycles. The smallest absolute Gasteiger partial charge is 0.0406 e. The molecule has 0 atom stereocenters. The van der Waals surface area contributed by atoms with Crippen LogP contribution in [0, 0.1) is 6.92 Å². The van der Waals surface area contributed by atoms with Crippen LogP contribution >= 0.6 is 11.6 Å². The summed E-state index contributed by atoms with van der Waals surface area (Å²) in [6, 6.07) is 7.75. The van der Waals surface area contributed by atoms with Crippen molar-refractivity contribution in [2.24, 2.45) is 0 Å². The molecule has 1 aromatic rings. The molecule has 0 saturated heterocycles. The number of aryl methyl sites for hydroxylation is 1. The van der Waals surface area contributed by atoms with Crippen molar-refractivity contribution < 1.29 is 0 Å². The topological polar surface area (TPSA) is 0 Å². The van der Waals surface area contributed by atoms with E-state index >= 15 is 0 Å². The third-order valence-electron chi connectivity index (χ3n) is 2.22. The first-order valence-corrected chi connectivity index (χ1v) is 6.30. The summed E-state index contributed by atoms with van der Waals surface area (Å²) < 4.78 is 0. The average Bonchev–Trinajstić information content (AvgIpc) is 2.24. The highest BCUT2D eigenvalue weighted by Gasteiger charge is 1.82. The number of halogens is 1. The zero-order chi connectivity index (χ0) is 11.5. The molecule has 0 N–H and O–H groups in total. The first-order chi connectivity index (χ1) is 7.20. The Kier molecular flexibility index (Phi) is 9.71. The Balaban J connectivity index is 0.000000265. The SMILES string of the molecule is CCCCCCC.Cc1ccc(Cl)cc1. The van der Waals surface area contributed by atoms with Gasteiger partial charge in [-0.05, 0) is 19.1 Å². The summed E-state index contributed by atoms with van der Waals surface area (Å²) in [4.78, 5) is 0. The highest BCUT2D eigenvalue weighted by molar-refractivity contribution is 6.30. The van der Waals surface area contributed by atoms with E-state index < -0.39 is 0 Å². The van der Waals surface area contributed by atoms with E-state index in [2.05, 4.69) is 13.8 Å². The van der Waals surface area contributed by atoms with E-state index in [1.165, 1.54) is 37.7 Å². The minimum atomic E-state index is 0.801. The molecule has 0 bridgehead atoms. The van der Waals surface area contributed by atoms with Gasteiger partial charge in [0.15, 0.2) is 0 Å². The van der Waals surface area contributed by atoms with Gasteiger partial charge in [-0.25, -0.2) is 0 Å². The van der Waals surface area contributed by atoms with Crippen LogP contribution < -0.4 is 0 Å². The molecule has 0 saturated carbocycles. The molecule has 0 aliphatic carbocycles. The Morgan fingerprint density at radius 3 is 1.67 bits per heavy atom. The van der Waals surface area contributed by atoms with Gasteiger partial charge in [-0.2, -0.15) is 0 Å². The maximum atomic E-state index is 5.61. The Hall–Kier alpha value is -0.490. The van der Waals surface area contributed by atoms with E-state index in [4.69, 9.17) is 11.6 Å². The molecular weight excluding hydrogens is 204 g/mol. The molecule has 0 spiro atoms. The fourth-order valence-electron chi connectivity index (χ4n) is 1.21. The molecule has 15 heavy (non-hydrogen) atoms. The molecule has 0 fully saturated rings. The maximum absolute atomic E-state index is 5.61. The molecule has 0 amide bonds. The Morgan fingerprint density at radius 2 is 1.33 bits per heavy atom. The van der Waals surface area contributed by atoms with Gasteiger partial charge in [-0.15, -0.1) is 0 Å². The number of rotatable bonds is 4. The van der Waals surface area contributed by atoms with E-state index in [0.29, 0.717) is 0 Å². The van der Waals surface area contributed by atoms with Crippen LogP contribution in [0.15, 0.2) is 24.3 Å². The van der Waals surface area contributed by atoms with E-state index in [-0.39, 0.29) is 0 Å². The first-order valence-electron chi connectivity index (χ1n) is 5.92. The first kappa shape index (κ1) is 14.5. The van der Waals surface area contributed by atoms with E-state index in [1.807, 2.05) is 31.2 Å². The highest BCUT2D eigenvalue weighted by atomic mass is 35.5. The molecule has 0 aliphatic rings. The second kappa shape index (κ2) is 10.0. The molecule has 0 heterocycles. The van der Waals surface area contributed by atoms with Crippen LogP contribution in [-0.4, -0.2) is 0 Å². The van der Waals surface area contributed by atoms with Crippen LogP contribution in [0.4, 0.5) is 0 Å². The molecule has 0 aliphatic heterocycles. The minimum absolute atomic E-state index is 0.801. The number of hydrogen-bond acceptors (Lipinski definition) is 0. The molecule has 0 unspecified atom stereocenters. The number of unbranched alkanes of at least 4 members (excludes halogenated alkanes) is 4. The number of benzene rings is 1. The summed E-state index contributed by atoms with van der Waals surface area (Å²) in [5.74, 6) is 0. The summed E-state index contributed by atoms with van der Waals surface area (Å²) in [7, 11) is 0. The van der Waals surface area contributed by atoms with Gasteiger partial charge in [0.05, 0.1) is 0 Å². The monoisotopic (exact) mass is 226 g/mol. The largest absolute Gasteiger partial charge is 0.0843 e. The zero-order valence-corrected chi connectivity index (χ0v) is 11.0. The zero-order valence-electron chi connectivity index (χ0n) is 10.2. The second-order valence-corrected chi connectivity index (χ2v) is 4.29. The van der Waals surface area contributed by atoms with Crippen LogP contribution in [-0.2, 0) is 0 Å². The van der Waals surface area contributed by atoms with Gasteiger partial charge in [-0.3, -0.25) is 0 Å². The summed E-state index contributed by atoms with van der Waals surface area (Å²) in [6.07, 6.45) is 7.01. The third-order valence-corrected chi connectivity index (χ3v) is 2.47. The molecule has 0 radical (unpaired) electrons. The molecule has 86 valence electrons. The van der Waals surface area contributed by atoms with Gasteiger partial charge in [0.25, 0.3) is 0 Å². The highest BCUT2D eigenvalue weighted by Crippen LogP contribution is 2.07. The van der Waals surface area contributed by atoms with Gasteiger partial charge >= 0.3 is 0 Å². The van der Waals surface area contributed by atoms with Gasteiger partial charge in [-0.1, -0.05) is 75.2 Å². The normalized spacial score (nSPS) is 9.33. The van der Waals surface area contributed by atoms with E-state index in [1.54, 1.807) is 0 Å². The van der Waals surface area contributed by atoms with E-state index in [9.17, 15) is 0 Å². The van der Waals surface area contributed by atoms with Gasteiger partial charge in [0, 0.05) is 5.02 Å². The van der Waals surface area contributed by atoms with Crippen LogP contribution in [0.2, 0.25) is 5.02 Å². The minimum Gasteiger partial charge on any atom is -0.0843 e. The van der Waals surface area contributed by atoms with Gasteiger partial charge in [0.2, 0.25) is 0 Å². The summed E-state index contributed by atoms with van der Waals surface area (Å²) >= 11 is 5.61. The van der Waals surface area contributed by atoms with Gasteiger partial charge < -0.3 is 0 Å². The van der Waals surface area contributed by atoms with Crippen molar-refractivity contribution in [1.29, 1.82) is 0 Å². The predicted molar refractivity (Wildman–Crippen MR) is 70.6 cm³/mol. The summed E-state index contributed by atoms with van der Waals surface area (Å²) in [5.41, 5.74) is 1.24. The lowest BCUT2D eigenvalue weighted by Crippen LogP contribution is -1.70. The predicted octanol–water partition coefficient (Wildman–Crippen LogP) is 5.63. The Morgan fingerprint density at radius 1 is 0.867 bits per heavy atom. The third kappa shape index (κ3) is 9.81. The fraction of sp³-hybridized carbons (Fsp3) is 0.571. The van der Waals surface area contributed by atoms with Crippen molar-refractivity contribution in [1.82, 2.24) is 0 Å². The molecule has 1 aromatic carbocycles. The van der Waals surface area contributed by atoms with Crippen molar-refractivity contribution in [2.75, 3.05) is 0 Å². The lowest BCUT2D eigenvalue weighted by atomic mass is 10.2. The number of hydrogen-bond donors (Lipinski definition) is 0. The van der Waals surface area contributed by atoms with E-state index in [0.717, 1.165) is 5.02 Å². The lowest BCUT2D eigenvalue weighted by Gasteiger charge is -1.90. The summed E-state index contributed by atoms with van der Waals surface area (Å²) in [5, 5.41) is 0.801. The van der Waals surface area contributed by atoms with Crippen molar-refractivity contribution in [3.05, 3.63) is 34.9 Å². The summed E-state index contributed by atoms with van der Waals surface area (Å²) in [6.45, 7) is 6.53. The second-order valence-electron chi connectivity index (χ2n) is 3.86. The quantitative estimate of drug-likeness (QED) is 0.584. The molecule has 0 nitrogen and oxygen atoms in total. The van der Waals surface area contributed by atoms with Crippen molar-refractivity contribution >= 4 is 11.6 Å². The van der Waals surface area contributed by atoms with Crippen LogP contribution in [0.5, 0.6) is 0 Å². The standard InChI is InChI=1S/C7H7Cl.C7H16/c1-6-2-4-7(8)5-3-6;1-3-5-7-6-4-2/h2-5H,1H3;3-7H2,1-2H3. The molecule has 1 heteroatoms. The van der Waals surface area contributed by atoms with Crippen molar-refractivity contribution in [3.63, 3.8) is 0 Å². The van der Waals surface area contributed by atoms with Crippen molar-refractivity contribution in [3.8, 4) is 0 Å². The van der Waals surface area contributed by atoms with Crippen LogP contribution in [0.1, 0.15) is 51.5 Å². The van der Waals surface area contributed by atoms with Crippen LogP contribution in [0.25, 0.3) is 0 Å². The Bertz CT molecular complexity index is 201. The molecule has 1 rings (SSSR count). The van der Waals surface area contributed by atoms with Crippen LogP contribution in [0.3, 0.4) is 0 Å². The molecular formula is C14H23Cl.